The Morgan fingerprint density at radius 3 is 2.96 bits per heavy atom. The van der Waals surface area contributed by atoms with Crippen molar-refractivity contribution < 1.29 is 19.1 Å². The molecule has 6 atom stereocenters. The molecule has 0 bridgehead atoms. The van der Waals surface area contributed by atoms with Crippen LogP contribution in [0.3, 0.4) is 0 Å². The van der Waals surface area contributed by atoms with Crippen molar-refractivity contribution in [2.45, 2.75) is 51.2 Å². The van der Waals surface area contributed by atoms with Crippen LogP contribution in [0.5, 0.6) is 0 Å². The fraction of sp³-hybridized carbons (Fsp3) is 0.632. The molecule has 0 spiro atoms. The summed E-state index contributed by atoms with van der Waals surface area (Å²) in [5, 5.41) is 2.69. The first kappa shape index (κ1) is 16.4. The summed E-state index contributed by atoms with van der Waals surface area (Å²) in [4.78, 5) is 28.8. The molecule has 0 radical (unpaired) electrons. The second kappa shape index (κ2) is 6.65. The highest BCUT2D eigenvalue weighted by Gasteiger charge is 2.56. The molecule has 1 N–H and O–H groups in total. The molecule has 6 heteroatoms. The van der Waals surface area contributed by atoms with Gasteiger partial charge in [0.15, 0.2) is 0 Å². The summed E-state index contributed by atoms with van der Waals surface area (Å²) in [6.45, 7) is 1.92. The lowest BCUT2D eigenvalue weighted by Gasteiger charge is -2.45. The lowest BCUT2D eigenvalue weighted by molar-refractivity contribution is -0.144. The predicted molar refractivity (Wildman–Crippen MR) is 90.7 cm³/mol. The van der Waals surface area contributed by atoms with Gasteiger partial charge in [0.2, 0.25) is 0 Å². The summed E-state index contributed by atoms with van der Waals surface area (Å²) in [6, 6.07) is 5.32. The molecule has 1 aromatic rings. The molecule has 134 valence electrons. The Labute approximate surface area is 147 Å². The third-order valence-electron chi connectivity index (χ3n) is 6.08. The maximum Gasteiger partial charge on any atom is 0.413 e. The third kappa shape index (κ3) is 3.10. The number of esters is 1. The van der Waals surface area contributed by atoms with Crippen LogP contribution in [0, 0.1) is 23.7 Å². The van der Waals surface area contributed by atoms with Gasteiger partial charge in [-0.1, -0.05) is 25.3 Å². The normalized spacial score (nSPS) is 36.8. The SMILES string of the molecule is C[C@@H]1OC(=O)C2CC3CCCCC3[C@@H](OC(=O)Nc3ccccn3)C21. The van der Waals surface area contributed by atoms with Crippen LogP contribution in [0.4, 0.5) is 10.6 Å². The molecular weight excluding hydrogens is 320 g/mol. The van der Waals surface area contributed by atoms with Crippen LogP contribution < -0.4 is 5.32 Å². The highest BCUT2D eigenvalue weighted by molar-refractivity contribution is 5.83. The standard InChI is InChI=1S/C19H24N2O4/c1-11-16-14(18(22)24-11)10-12-6-2-3-7-13(12)17(16)25-19(23)21-15-8-4-5-9-20-15/h4-5,8-9,11-14,16-17H,2-3,6-7,10H2,1H3,(H,20,21,23)/t11-,12?,13?,14?,16?,17+/m0/s1. The average Bonchev–Trinajstić information content (AvgIpc) is 2.89. The van der Waals surface area contributed by atoms with E-state index in [-0.39, 0.29) is 30.0 Å². The smallest absolute Gasteiger partial charge is 0.413 e. The van der Waals surface area contributed by atoms with Crippen LogP contribution in [0.1, 0.15) is 39.0 Å². The quantitative estimate of drug-likeness (QED) is 0.832. The van der Waals surface area contributed by atoms with Crippen molar-refractivity contribution >= 4 is 17.9 Å². The summed E-state index contributed by atoms with van der Waals surface area (Å²) in [5.41, 5.74) is 0. The van der Waals surface area contributed by atoms with E-state index in [2.05, 4.69) is 10.3 Å². The molecule has 1 saturated heterocycles. The Bertz CT molecular complexity index is 650. The maximum atomic E-state index is 12.4. The molecule has 1 aliphatic heterocycles. The van der Waals surface area contributed by atoms with Gasteiger partial charge in [-0.3, -0.25) is 10.1 Å². The Balaban J connectivity index is 1.53. The second-order valence-electron chi connectivity index (χ2n) is 7.48. The maximum absolute atomic E-state index is 12.4. The highest BCUT2D eigenvalue weighted by Crippen LogP contribution is 2.51. The van der Waals surface area contributed by atoms with Gasteiger partial charge in [0, 0.05) is 12.1 Å². The van der Waals surface area contributed by atoms with E-state index in [0.29, 0.717) is 17.7 Å². The number of pyridine rings is 1. The number of anilines is 1. The van der Waals surface area contributed by atoms with E-state index in [4.69, 9.17) is 9.47 Å². The summed E-state index contributed by atoms with van der Waals surface area (Å²) in [6.07, 6.45) is 6.03. The zero-order chi connectivity index (χ0) is 17.4. The molecule has 6 nitrogen and oxygen atoms in total. The van der Waals surface area contributed by atoms with E-state index in [9.17, 15) is 9.59 Å². The molecule has 3 fully saturated rings. The summed E-state index contributed by atoms with van der Waals surface area (Å²) in [7, 11) is 0. The van der Waals surface area contributed by atoms with Gasteiger partial charge in [-0.2, -0.15) is 0 Å². The highest BCUT2D eigenvalue weighted by atomic mass is 16.6. The Morgan fingerprint density at radius 1 is 1.32 bits per heavy atom. The van der Waals surface area contributed by atoms with Gasteiger partial charge < -0.3 is 9.47 Å². The summed E-state index contributed by atoms with van der Waals surface area (Å²) >= 11 is 0. The largest absolute Gasteiger partial charge is 0.462 e. The van der Waals surface area contributed by atoms with Gasteiger partial charge in [0.1, 0.15) is 18.0 Å². The van der Waals surface area contributed by atoms with Crippen molar-refractivity contribution in [3.05, 3.63) is 24.4 Å². The van der Waals surface area contributed by atoms with Crippen molar-refractivity contribution in [3.63, 3.8) is 0 Å². The van der Waals surface area contributed by atoms with Gasteiger partial charge in [-0.05, 0) is 43.7 Å². The fourth-order valence-electron chi connectivity index (χ4n) is 5.02. The van der Waals surface area contributed by atoms with Gasteiger partial charge in [-0.15, -0.1) is 0 Å². The molecular formula is C19H24N2O4. The van der Waals surface area contributed by atoms with Crippen molar-refractivity contribution in [2.24, 2.45) is 23.7 Å². The molecule has 0 aromatic carbocycles. The zero-order valence-corrected chi connectivity index (χ0v) is 14.4. The van der Waals surface area contributed by atoms with Crippen LogP contribution in [0.25, 0.3) is 0 Å². The number of rotatable bonds is 2. The molecule has 2 saturated carbocycles. The van der Waals surface area contributed by atoms with E-state index in [1.54, 1.807) is 18.3 Å². The van der Waals surface area contributed by atoms with Gasteiger partial charge in [0.05, 0.1) is 5.92 Å². The number of nitrogens with one attached hydrogen (secondary N) is 1. The van der Waals surface area contributed by atoms with E-state index < -0.39 is 6.09 Å². The van der Waals surface area contributed by atoms with Gasteiger partial charge in [-0.25, -0.2) is 9.78 Å². The van der Waals surface area contributed by atoms with Gasteiger partial charge >= 0.3 is 12.1 Å². The lowest BCUT2D eigenvalue weighted by atomic mass is 9.61. The van der Waals surface area contributed by atoms with Crippen LogP contribution >= 0.6 is 0 Å². The number of carbonyl (C=O) groups excluding carboxylic acids is 2. The number of amides is 1. The number of cyclic esters (lactones) is 1. The summed E-state index contributed by atoms with van der Waals surface area (Å²) in [5.74, 6) is 0.928. The molecule has 25 heavy (non-hydrogen) atoms. The van der Waals surface area contributed by atoms with Crippen LogP contribution in [0.15, 0.2) is 24.4 Å². The van der Waals surface area contributed by atoms with E-state index in [0.717, 1.165) is 25.7 Å². The number of fused-ring (bicyclic) bond motifs is 2. The van der Waals surface area contributed by atoms with E-state index in [1.807, 2.05) is 13.0 Å². The number of nitrogens with zero attached hydrogens (tertiary/aromatic N) is 1. The first-order valence-corrected chi connectivity index (χ1v) is 9.22. The second-order valence-corrected chi connectivity index (χ2v) is 7.48. The third-order valence-corrected chi connectivity index (χ3v) is 6.08. The number of ether oxygens (including phenoxy) is 2. The minimum atomic E-state index is -0.500. The fourth-order valence-corrected chi connectivity index (χ4v) is 5.02. The Hall–Kier alpha value is -2.11. The first-order chi connectivity index (χ1) is 12.1. The Morgan fingerprint density at radius 2 is 2.16 bits per heavy atom. The average molecular weight is 344 g/mol. The molecule has 4 unspecified atom stereocenters. The summed E-state index contributed by atoms with van der Waals surface area (Å²) < 4.78 is 11.4. The Kier molecular flexibility index (Phi) is 4.36. The molecule has 1 amide bonds. The molecule has 2 heterocycles. The van der Waals surface area contributed by atoms with Crippen molar-refractivity contribution in [1.82, 2.24) is 4.98 Å². The molecule has 3 aliphatic rings. The molecule has 4 rings (SSSR count). The number of carbonyl (C=O) groups is 2. The monoisotopic (exact) mass is 344 g/mol. The van der Waals surface area contributed by atoms with Gasteiger partial charge in [0.25, 0.3) is 0 Å². The first-order valence-electron chi connectivity index (χ1n) is 9.22. The van der Waals surface area contributed by atoms with Crippen LogP contribution in [-0.2, 0) is 14.3 Å². The molecule has 1 aromatic heterocycles. The van der Waals surface area contributed by atoms with E-state index in [1.165, 1.54) is 6.42 Å². The minimum Gasteiger partial charge on any atom is -0.462 e. The van der Waals surface area contributed by atoms with Crippen LogP contribution in [0.2, 0.25) is 0 Å². The van der Waals surface area contributed by atoms with Crippen molar-refractivity contribution in [1.29, 1.82) is 0 Å². The number of hydrogen-bond donors (Lipinski definition) is 1. The lowest BCUT2D eigenvalue weighted by Crippen LogP contribution is -2.49. The number of hydrogen-bond acceptors (Lipinski definition) is 5. The van der Waals surface area contributed by atoms with Crippen LogP contribution in [-0.4, -0.2) is 29.3 Å². The minimum absolute atomic E-state index is 0.0404. The topological polar surface area (TPSA) is 77.5 Å². The van der Waals surface area contributed by atoms with E-state index >= 15 is 0 Å². The number of aromatic nitrogens is 1. The van der Waals surface area contributed by atoms with Crippen molar-refractivity contribution in [2.75, 3.05) is 5.32 Å². The molecule has 2 aliphatic carbocycles. The zero-order valence-electron chi connectivity index (χ0n) is 14.4. The predicted octanol–water partition coefficient (Wildman–Crippen LogP) is 3.39. The van der Waals surface area contributed by atoms with Crippen molar-refractivity contribution in [3.8, 4) is 0 Å².